The fraction of sp³-hybridized carbons (Fsp3) is 0.167. The van der Waals surface area contributed by atoms with Gasteiger partial charge in [0, 0.05) is 0 Å². The summed E-state index contributed by atoms with van der Waals surface area (Å²) in [5.41, 5.74) is -0.289. The average Bonchev–Trinajstić information content (AvgIpc) is 2.72. The predicted molar refractivity (Wildman–Crippen MR) is 69.0 cm³/mol. The monoisotopic (exact) mass is 296 g/mol. The van der Waals surface area contributed by atoms with Crippen molar-refractivity contribution < 1.29 is 18.5 Å². The van der Waals surface area contributed by atoms with Crippen LogP contribution in [0.2, 0.25) is 0 Å². The van der Waals surface area contributed by atoms with E-state index >= 15 is 0 Å². The number of anilines is 1. The first-order valence-electron chi connectivity index (χ1n) is 5.77. The Morgan fingerprint density at radius 3 is 2.52 bits per heavy atom. The van der Waals surface area contributed by atoms with Gasteiger partial charge in [-0.2, -0.15) is 9.49 Å². The number of carbonyl (C=O) groups excluding carboxylic acids is 1. The minimum absolute atomic E-state index is 0.346. The molecule has 2 N–H and O–H groups in total. The van der Waals surface area contributed by atoms with Crippen LogP contribution in [0.4, 0.5) is 20.2 Å². The van der Waals surface area contributed by atoms with Crippen LogP contribution in [0.25, 0.3) is 0 Å². The minimum Gasteiger partial charge on any atom is -0.319 e. The summed E-state index contributed by atoms with van der Waals surface area (Å²) in [7, 11) is 0. The SMILES string of the molecule is Cc1n[nH]c(C)c1NC(=O)c1cc(F)c([N+](=O)[O-])cc1F. The number of aromatic nitrogens is 2. The van der Waals surface area contributed by atoms with Crippen molar-refractivity contribution in [2.45, 2.75) is 13.8 Å². The Morgan fingerprint density at radius 2 is 2.00 bits per heavy atom. The van der Waals surface area contributed by atoms with Crippen molar-refractivity contribution in [1.82, 2.24) is 10.2 Å². The molecule has 1 amide bonds. The molecule has 0 saturated carbocycles. The molecule has 1 aromatic heterocycles. The molecule has 2 rings (SSSR count). The number of nitrogens with one attached hydrogen (secondary N) is 2. The summed E-state index contributed by atoms with van der Waals surface area (Å²) in [6.45, 7) is 3.26. The van der Waals surface area contributed by atoms with E-state index in [0.29, 0.717) is 29.2 Å². The van der Waals surface area contributed by atoms with Crippen LogP contribution >= 0.6 is 0 Å². The predicted octanol–water partition coefficient (Wildman–Crippen LogP) is 2.47. The topological polar surface area (TPSA) is 101 Å². The maximum absolute atomic E-state index is 13.7. The molecule has 0 aliphatic carbocycles. The third-order valence-electron chi connectivity index (χ3n) is 2.84. The molecular formula is C12H10F2N4O3. The number of hydrogen-bond acceptors (Lipinski definition) is 4. The molecule has 9 heteroatoms. The minimum atomic E-state index is -1.29. The van der Waals surface area contributed by atoms with E-state index in [2.05, 4.69) is 15.5 Å². The van der Waals surface area contributed by atoms with Gasteiger partial charge >= 0.3 is 5.69 Å². The van der Waals surface area contributed by atoms with E-state index in [0.717, 1.165) is 0 Å². The van der Waals surface area contributed by atoms with Gasteiger partial charge in [0.1, 0.15) is 5.82 Å². The van der Waals surface area contributed by atoms with Crippen molar-refractivity contribution in [3.63, 3.8) is 0 Å². The first kappa shape index (κ1) is 14.6. The summed E-state index contributed by atoms with van der Waals surface area (Å²) in [5, 5.41) is 19.3. The molecule has 0 atom stereocenters. The summed E-state index contributed by atoms with van der Waals surface area (Å²) < 4.78 is 27.2. The zero-order valence-electron chi connectivity index (χ0n) is 11.0. The maximum Gasteiger partial charge on any atom is 0.307 e. The number of amides is 1. The number of nitrogens with zero attached hydrogens (tertiary/aromatic N) is 2. The first-order valence-corrected chi connectivity index (χ1v) is 5.77. The van der Waals surface area contributed by atoms with E-state index in [9.17, 15) is 23.7 Å². The van der Waals surface area contributed by atoms with Gasteiger partial charge in [-0.3, -0.25) is 20.0 Å². The van der Waals surface area contributed by atoms with Gasteiger partial charge in [0.05, 0.1) is 33.6 Å². The zero-order chi connectivity index (χ0) is 15.7. The van der Waals surface area contributed by atoms with E-state index in [1.54, 1.807) is 13.8 Å². The van der Waals surface area contributed by atoms with Crippen molar-refractivity contribution in [1.29, 1.82) is 0 Å². The van der Waals surface area contributed by atoms with Gasteiger partial charge in [-0.25, -0.2) is 4.39 Å². The number of benzene rings is 1. The highest BCUT2D eigenvalue weighted by Crippen LogP contribution is 2.23. The van der Waals surface area contributed by atoms with Crippen LogP contribution in [0.15, 0.2) is 12.1 Å². The molecule has 0 aliphatic rings. The highest BCUT2D eigenvalue weighted by molar-refractivity contribution is 6.05. The van der Waals surface area contributed by atoms with Gasteiger partial charge in [0.25, 0.3) is 5.91 Å². The molecule has 7 nitrogen and oxygen atoms in total. The molecule has 0 fully saturated rings. The Hall–Kier alpha value is -2.84. The lowest BCUT2D eigenvalue weighted by molar-refractivity contribution is -0.387. The van der Waals surface area contributed by atoms with E-state index < -0.39 is 33.7 Å². The van der Waals surface area contributed by atoms with Crippen LogP contribution < -0.4 is 5.32 Å². The Labute approximate surface area is 117 Å². The van der Waals surface area contributed by atoms with Gasteiger partial charge in [0.15, 0.2) is 0 Å². The van der Waals surface area contributed by atoms with E-state index in [4.69, 9.17) is 0 Å². The van der Waals surface area contributed by atoms with Crippen LogP contribution in [0.3, 0.4) is 0 Å². The number of rotatable bonds is 3. The summed E-state index contributed by atoms with van der Waals surface area (Å²) in [4.78, 5) is 21.4. The van der Waals surface area contributed by atoms with Crippen LogP contribution in [-0.2, 0) is 0 Å². The second-order valence-electron chi connectivity index (χ2n) is 4.30. The van der Waals surface area contributed by atoms with Crippen LogP contribution in [0.1, 0.15) is 21.7 Å². The number of aryl methyl sites for hydroxylation is 2. The highest BCUT2D eigenvalue weighted by Gasteiger charge is 2.23. The lowest BCUT2D eigenvalue weighted by Crippen LogP contribution is -2.15. The average molecular weight is 296 g/mol. The number of H-pyrrole nitrogens is 1. The highest BCUT2D eigenvalue weighted by atomic mass is 19.1. The molecular weight excluding hydrogens is 286 g/mol. The normalized spacial score (nSPS) is 10.5. The van der Waals surface area contributed by atoms with E-state index in [1.165, 1.54) is 0 Å². The van der Waals surface area contributed by atoms with Crippen LogP contribution in [0.5, 0.6) is 0 Å². The summed E-state index contributed by atoms with van der Waals surface area (Å²) >= 11 is 0. The van der Waals surface area contributed by atoms with Crippen molar-refractivity contribution in [2.75, 3.05) is 5.32 Å². The third kappa shape index (κ3) is 2.71. The number of halogens is 2. The van der Waals surface area contributed by atoms with Gasteiger partial charge in [-0.05, 0) is 19.9 Å². The van der Waals surface area contributed by atoms with E-state index in [-0.39, 0.29) is 0 Å². The smallest absolute Gasteiger partial charge is 0.307 e. The van der Waals surface area contributed by atoms with E-state index in [1.807, 2.05) is 0 Å². The van der Waals surface area contributed by atoms with Gasteiger partial charge < -0.3 is 5.32 Å². The molecule has 1 heterocycles. The molecule has 0 aliphatic heterocycles. The molecule has 1 aromatic carbocycles. The Bertz CT molecular complexity index is 723. The molecule has 0 bridgehead atoms. The summed E-state index contributed by atoms with van der Waals surface area (Å²) in [6, 6.07) is 0.868. The Kier molecular flexibility index (Phi) is 3.66. The number of carbonyl (C=O) groups is 1. The molecule has 0 spiro atoms. The van der Waals surface area contributed by atoms with Gasteiger partial charge in [-0.15, -0.1) is 0 Å². The maximum atomic E-state index is 13.7. The van der Waals surface area contributed by atoms with Crippen molar-refractivity contribution in [2.24, 2.45) is 0 Å². The van der Waals surface area contributed by atoms with Crippen LogP contribution in [-0.4, -0.2) is 21.0 Å². The Morgan fingerprint density at radius 1 is 1.33 bits per heavy atom. The number of hydrogen-bond donors (Lipinski definition) is 2. The molecule has 110 valence electrons. The third-order valence-corrected chi connectivity index (χ3v) is 2.84. The molecule has 0 radical (unpaired) electrons. The second-order valence-corrected chi connectivity index (χ2v) is 4.30. The molecule has 0 unspecified atom stereocenters. The number of nitro benzene ring substituents is 1. The summed E-state index contributed by atoms with van der Waals surface area (Å²) in [5.74, 6) is -3.39. The second kappa shape index (κ2) is 5.27. The van der Waals surface area contributed by atoms with Crippen molar-refractivity contribution in [3.05, 3.63) is 50.8 Å². The van der Waals surface area contributed by atoms with Gasteiger partial charge in [0.2, 0.25) is 5.82 Å². The number of nitro groups is 1. The summed E-state index contributed by atoms with van der Waals surface area (Å²) in [6.07, 6.45) is 0. The molecule has 21 heavy (non-hydrogen) atoms. The first-order chi connectivity index (χ1) is 9.81. The fourth-order valence-electron chi connectivity index (χ4n) is 1.77. The standard InChI is InChI=1S/C12H10F2N4O3/c1-5-11(6(2)17-16-5)15-12(19)7-3-9(14)10(18(20)21)4-8(7)13/h3-4H,1-2H3,(H,15,19)(H,16,17). The fourth-order valence-corrected chi connectivity index (χ4v) is 1.77. The van der Waals surface area contributed by atoms with Gasteiger partial charge in [-0.1, -0.05) is 0 Å². The van der Waals surface area contributed by atoms with Crippen molar-refractivity contribution >= 4 is 17.3 Å². The quantitative estimate of drug-likeness (QED) is 0.671. The Balaban J connectivity index is 2.36. The number of aromatic amines is 1. The molecule has 0 saturated heterocycles. The van der Waals surface area contributed by atoms with Crippen molar-refractivity contribution in [3.8, 4) is 0 Å². The lowest BCUT2D eigenvalue weighted by atomic mass is 10.1. The molecule has 2 aromatic rings. The zero-order valence-corrected chi connectivity index (χ0v) is 11.0. The largest absolute Gasteiger partial charge is 0.319 e. The lowest BCUT2D eigenvalue weighted by Gasteiger charge is -2.06. The van der Waals surface area contributed by atoms with Crippen LogP contribution in [0, 0.1) is 35.6 Å².